The highest BCUT2D eigenvalue weighted by molar-refractivity contribution is 5.92. The van der Waals surface area contributed by atoms with E-state index in [1.54, 1.807) is 6.07 Å². The molecule has 0 atom stereocenters. The van der Waals surface area contributed by atoms with Crippen LogP contribution in [0.2, 0.25) is 0 Å². The summed E-state index contributed by atoms with van der Waals surface area (Å²) < 4.78 is 0. The third kappa shape index (κ3) is 3.91. The molecule has 0 bridgehead atoms. The van der Waals surface area contributed by atoms with E-state index in [-0.39, 0.29) is 5.91 Å². The number of amides is 1. The molecule has 5 nitrogen and oxygen atoms in total. The van der Waals surface area contributed by atoms with Gasteiger partial charge in [-0.2, -0.15) is 0 Å². The van der Waals surface area contributed by atoms with Gasteiger partial charge < -0.3 is 10.2 Å². The van der Waals surface area contributed by atoms with Crippen LogP contribution in [-0.4, -0.2) is 29.0 Å². The molecule has 1 amide bonds. The van der Waals surface area contributed by atoms with Gasteiger partial charge in [0.15, 0.2) is 0 Å². The summed E-state index contributed by atoms with van der Waals surface area (Å²) in [6.07, 6.45) is 3.44. The average Bonchev–Trinajstić information content (AvgIpc) is 2.61. The molecule has 24 heavy (non-hydrogen) atoms. The Morgan fingerprint density at radius 3 is 2.83 bits per heavy atom. The zero-order chi connectivity index (χ0) is 16.9. The van der Waals surface area contributed by atoms with E-state index in [1.165, 1.54) is 17.5 Å². The lowest BCUT2D eigenvalue weighted by molar-refractivity contribution is 0.0947. The molecule has 0 spiro atoms. The molecule has 0 fully saturated rings. The molecule has 0 unspecified atom stereocenters. The van der Waals surface area contributed by atoms with Gasteiger partial charge in [-0.25, -0.2) is 9.97 Å². The van der Waals surface area contributed by atoms with Crippen molar-refractivity contribution in [3.05, 3.63) is 53.5 Å². The number of benzene rings is 1. The van der Waals surface area contributed by atoms with Crippen molar-refractivity contribution in [2.75, 3.05) is 18.0 Å². The maximum Gasteiger partial charge on any atom is 0.270 e. The molecule has 1 N–H and O–H groups in total. The third-order valence-corrected chi connectivity index (χ3v) is 4.35. The van der Waals surface area contributed by atoms with Crippen LogP contribution < -0.4 is 10.2 Å². The van der Waals surface area contributed by atoms with E-state index in [2.05, 4.69) is 58.3 Å². The molecule has 1 aromatic carbocycles. The highest BCUT2D eigenvalue weighted by atomic mass is 16.1. The molecule has 3 rings (SSSR count). The zero-order valence-electron chi connectivity index (χ0n) is 14.3. The van der Waals surface area contributed by atoms with Crippen molar-refractivity contribution in [3.63, 3.8) is 0 Å². The third-order valence-electron chi connectivity index (χ3n) is 4.35. The normalized spacial score (nSPS) is 13.7. The Kier molecular flexibility index (Phi) is 5.08. The smallest absolute Gasteiger partial charge is 0.270 e. The van der Waals surface area contributed by atoms with Crippen LogP contribution in [0.1, 0.15) is 41.9 Å². The molecule has 1 aliphatic rings. The number of carbonyl (C=O) groups is 1. The summed E-state index contributed by atoms with van der Waals surface area (Å²) in [5.74, 6) is 1.25. The lowest BCUT2D eigenvalue weighted by Crippen LogP contribution is -2.32. The van der Waals surface area contributed by atoms with Crippen LogP contribution in [0, 0.1) is 5.92 Å². The molecule has 5 heteroatoms. The fourth-order valence-corrected chi connectivity index (χ4v) is 2.90. The van der Waals surface area contributed by atoms with Crippen molar-refractivity contribution < 1.29 is 4.79 Å². The summed E-state index contributed by atoms with van der Waals surface area (Å²) in [7, 11) is 0. The predicted octanol–water partition coefficient (Wildman–Crippen LogP) is 2.82. The lowest BCUT2D eigenvalue weighted by atomic mass is 10.00. The van der Waals surface area contributed by atoms with Crippen LogP contribution in [0.5, 0.6) is 0 Å². The SMILES string of the molecule is CC(C)CCNC(=O)c1cc(N2CCc3ccccc3C2)ncn1. The van der Waals surface area contributed by atoms with E-state index in [9.17, 15) is 4.79 Å². The Bertz CT molecular complexity index is 714. The summed E-state index contributed by atoms with van der Waals surface area (Å²) >= 11 is 0. The second kappa shape index (κ2) is 7.43. The van der Waals surface area contributed by atoms with Crippen LogP contribution in [0.25, 0.3) is 0 Å². The number of nitrogens with zero attached hydrogens (tertiary/aromatic N) is 3. The number of rotatable bonds is 5. The second-order valence-electron chi connectivity index (χ2n) is 6.64. The minimum Gasteiger partial charge on any atom is -0.352 e. The minimum absolute atomic E-state index is 0.128. The van der Waals surface area contributed by atoms with Gasteiger partial charge in [0.25, 0.3) is 5.91 Å². The summed E-state index contributed by atoms with van der Waals surface area (Å²) in [6.45, 7) is 6.68. The molecule has 0 saturated heterocycles. The maximum absolute atomic E-state index is 12.2. The van der Waals surface area contributed by atoms with E-state index in [0.29, 0.717) is 18.2 Å². The second-order valence-corrected chi connectivity index (χ2v) is 6.64. The first-order valence-electron chi connectivity index (χ1n) is 8.55. The van der Waals surface area contributed by atoms with Crippen molar-refractivity contribution in [2.24, 2.45) is 5.92 Å². The van der Waals surface area contributed by atoms with Crippen LogP contribution in [0.3, 0.4) is 0 Å². The molecule has 0 saturated carbocycles. The molecular formula is C19H24N4O. The average molecular weight is 324 g/mol. The molecule has 1 aromatic heterocycles. The standard InChI is InChI=1S/C19H24N4O/c1-14(2)7-9-20-19(24)17-11-18(22-13-21-17)23-10-8-15-5-3-4-6-16(15)12-23/h3-6,11,13-14H,7-10,12H2,1-2H3,(H,20,24). The molecule has 0 aliphatic carbocycles. The number of anilines is 1. The van der Waals surface area contributed by atoms with Gasteiger partial charge >= 0.3 is 0 Å². The van der Waals surface area contributed by atoms with Crippen molar-refractivity contribution in [2.45, 2.75) is 33.2 Å². The Labute approximate surface area is 143 Å². The first-order chi connectivity index (χ1) is 11.6. The van der Waals surface area contributed by atoms with Gasteiger partial charge in [-0.1, -0.05) is 38.1 Å². The van der Waals surface area contributed by atoms with E-state index in [4.69, 9.17) is 0 Å². The zero-order valence-corrected chi connectivity index (χ0v) is 14.3. The number of fused-ring (bicyclic) bond motifs is 1. The van der Waals surface area contributed by atoms with E-state index in [0.717, 1.165) is 31.7 Å². The first kappa shape index (κ1) is 16.4. The number of hydrogen-bond acceptors (Lipinski definition) is 4. The minimum atomic E-state index is -0.128. The van der Waals surface area contributed by atoms with Gasteiger partial charge in [-0.05, 0) is 29.9 Å². The number of hydrogen-bond donors (Lipinski definition) is 1. The van der Waals surface area contributed by atoms with Crippen LogP contribution >= 0.6 is 0 Å². The van der Waals surface area contributed by atoms with Crippen LogP contribution in [0.4, 0.5) is 5.82 Å². The van der Waals surface area contributed by atoms with Gasteiger partial charge in [0.1, 0.15) is 17.8 Å². The van der Waals surface area contributed by atoms with Gasteiger partial charge in [-0.3, -0.25) is 4.79 Å². The Hall–Kier alpha value is -2.43. The Morgan fingerprint density at radius 1 is 1.25 bits per heavy atom. The summed E-state index contributed by atoms with van der Waals surface area (Å²) in [4.78, 5) is 22.9. The molecule has 1 aliphatic heterocycles. The highest BCUT2D eigenvalue weighted by Gasteiger charge is 2.18. The van der Waals surface area contributed by atoms with E-state index >= 15 is 0 Å². The van der Waals surface area contributed by atoms with Crippen molar-refractivity contribution in [1.29, 1.82) is 0 Å². The summed E-state index contributed by atoms with van der Waals surface area (Å²) in [5, 5.41) is 2.93. The quantitative estimate of drug-likeness (QED) is 0.919. The molecule has 2 aromatic rings. The number of carbonyl (C=O) groups excluding carboxylic acids is 1. The topological polar surface area (TPSA) is 58.1 Å². The van der Waals surface area contributed by atoms with Crippen molar-refractivity contribution in [1.82, 2.24) is 15.3 Å². The molecular weight excluding hydrogens is 300 g/mol. The molecule has 126 valence electrons. The Morgan fingerprint density at radius 2 is 2.04 bits per heavy atom. The molecule has 0 radical (unpaired) electrons. The predicted molar refractivity (Wildman–Crippen MR) is 95.0 cm³/mol. The van der Waals surface area contributed by atoms with Gasteiger partial charge in [-0.15, -0.1) is 0 Å². The Balaban J connectivity index is 1.68. The number of aromatic nitrogens is 2. The lowest BCUT2D eigenvalue weighted by Gasteiger charge is -2.29. The molecule has 2 heterocycles. The summed E-state index contributed by atoms with van der Waals surface area (Å²) in [6, 6.07) is 10.3. The first-order valence-corrected chi connectivity index (χ1v) is 8.55. The highest BCUT2D eigenvalue weighted by Crippen LogP contribution is 2.22. The monoisotopic (exact) mass is 324 g/mol. The van der Waals surface area contributed by atoms with Gasteiger partial charge in [0.2, 0.25) is 0 Å². The number of nitrogens with one attached hydrogen (secondary N) is 1. The fraction of sp³-hybridized carbons (Fsp3) is 0.421. The maximum atomic E-state index is 12.2. The van der Waals surface area contributed by atoms with Crippen molar-refractivity contribution >= 4 is 11.7 Å². The fourth-order valence-electron chi connectivity index (χ4n) is 2.90. The van der Waals surface area contributed by atoms with Crippen LogP contribution in [-0.2, 0) is 13.0 Å². The van der Waals surface area contributed by atoms with Gasteiger partial charge in [0.05, 0.1) is 0 Å². The van der Waals surface area contributed by atoms with E-state index in [1.807, 2.05) is 0 Å². The summed E-state index contributed by atoms with van der Waals surface area (Å²) in [5.41, 5.74) is 3.15. The van der Waals surface area contributed by atoms with Gasteiger partial charge in [0, 0.05) is 25.7 Å². The largest absolute Gasteiger partial charge is 0.352 e. The van der Waals surface area contributed by atoms with E-state index < -0.39 is 0 Å². The van der Waals surface area contributed by atoms with Crippen LogP contribution in [0.15, 0.2) is 36.7 Å². The van der Waals surface area contributed by atoms with Crippen molar-refractivity contribution in [3.8, 4) is 0 Å².